The average Bonchev–Trinajstić information content (AvgIpc) is 3.01. The molecule has 0 heterocycles. The zero-order valence-corrected chi connectivity index (χ0v) is 30.8. The van der Waals surface area contributed by atoms with E-state index in [1.807, 2.05) is 0 Å². The lowest BCUT2D eigenvalue weighted by Gasteiger charge is -2.34. The van der Waals surface area contributed by atoms with E-state index in [0.717, 1.165) is 25.7 Å². The van der Waals surface area contributed by atoms with Crippen molar-refractivity contribution in [3.8, 4) is 0 Å². The highest BCUT2D eigenvalue weighted by Gasteiger charge is 2.38. The molecule has 1 atom stereocenters. The summed E-state index contributed by atoms with van der Waals surface area (Å²) in [7, 11) is -17.5. The summed E-state index contributed by atoms with van der Waals surface area (Å²) >= 11 is 0. The topological polar surface area (TPSA) is 176 Å². The van der Waals surface area contributed by atoms with Gasteiger partial charge in [0, 0.05) is 0 Å². The number of allylic oxidation sites excluding steroid dienone is 1. The Kier molecular flexibility index (Phi) is 15.0. The number of hydrogen-bond acceptors (Lipinski definition) is 8. The normalized spacial score (nSPS) is 17.4. The molecule has 2 aromatic rings. The Bertz CT molecular complexity index is 1820. The van der Waals surface area contributed by atoms with Crippen molar-refractivity contribution in [2.45, 2.75) is 100 Å². The van der Waals surface area contributed by atoms with Gasteiger partial charge in [0.05, 0.1) is 27.3 Å². The molecule has 3 rings (SSSR count). The molecule has 2 aromatic carbocycles. The van der Waals surface area contributed by atoms with Crippen molar-refractivity contribution in [1.82, 2.24) is 18.9 Å². The lowest BCUT2D eigenvalue weighted by molar-refractivity contribution is 0.348. The third kappa shape index (κ3) is 13.1. The Morgan fingerprint density at radius 1 is 0.708 bits per heavy atom. The van der Waals surface area contributed by atoms with Gasteiger partial charge < -0.3 is 0 Å². The van der Waals surface area contributed by atoms with Crippen LogP contribution in [0.1, 0.15) is 89.5 Å². The highest BCUT2D eigenvalue weighted by atomic mass is 32.2. The summed E-state index contributed by atoms with van der Waals surface area (Å²) in [5, 5.41) is 0. The quantitative estimate of drug-likeness (QED) is 0.112. The summed E-state index contributed by atoms with van der Waals surface area (Å²) in [6.07, 6.45) is 15.8. The Morgan fingerprint density at radius 3 is 1.77 bits per heavy atom. The first-order chi connectivity index (χ1) is 22.6. The van der Waals surface area contributed by atoms with E-state index in [9.17, 15) is 33.7 Å². The maximum absolute atomic E-state index is 13.7. The minimum absolute atomic E-state index is 0.0599. The first-order valence-electron chi connectivity index (χ1n) is 16.1. The third-order valence-corrected chi connectivity index (χ3v) is 12.9. The van der Waals surface area contributed by atoms with Gasteiger partial charge in [0.1, 0.15) is 0 Å². The largest absolute Gasteiger partial charge is 0.270 e. The summed E-state index contributed by atoms with van der Waals surface area (Å²) in [6, 6.07) is 15.5. The lowest BCUT2D eigenvalue weighted by atomic mass is 9.86. The van der Waals surface area contributed by atoms with Crippen LogP contribution in [0.2, 0.25) is 0 Å². The Labute approximate surface area is 287 Å². The number of benzene rings is 2. The number of sulfonamides is 4. The Balaban J connectivity index is 1.80. The smallest absolute Gasteiger partial charge is 0.212 e. The predicted molar refractivity (Wildman–Crippen MR) is 189 cm³/mol. The summed E-state index contributed by atoms with van der Waals surface area (Å²) in [5.74, 6) is -0.274. The van der Waals surface area contributed by atoms with E-state index >= 15 is 0 Å². The number of unbranched alkanes of at least 4 members (excludes halogenated alkanes) is 9. The van der Waals surface area contributed by atoms with Crippen molar-refractivity contribution in [1.29, 1.82) is 0 Å². The van der Waals surface area contributed by atoms with Crippen LogP contribution in [-0.4, -0.2) is 50.0 Å². The minimum Gasteiger partial charge on any atom is -0.212 e. The summed E-state index contributed by atoms with van der Waals surface area (Å²) in [4.78, 5) is 2.81. The average molecular weight is 745 g/mol. The molecule has 16 heteroatoms. The molecule has 1 aliphatic rings. The van der Waals surface area contributed by atoms with Crippen LogP contribution in [0.25, 0.3) is 0 Å². The van der Waals surface area contributed by atoms with Crippen LogP contribution in [-0.2, 0) is 45.8 Å². The van der Waals surface area contributed by atoms with Crippen molar-refractivity contribution in [2.24, 2.45) is 0 Å². The number of nitrogens with zero attached hydrogens (tertiary/aromatic N) is 1. The van der Waals surface area contributed by atoms with E-state index in [1.54, 1.807) is 46.1 Å². The summed E-state index contributed by atoms with van der Waals surface area (Å²) in [5.41, 5.74) is -0.559. The van der Waals surface area contributed by atoms with Crippen LogP contribution >= 0.6 is 0 Å². The Hall–Kier alpha value is -2.44. The molecular formula is C32H48N4O8S4. The van der Waals surface area contributed by atoms with E-state index in [2.05, 4.69) is 11.6 Å². The van der Waals surface area contributed by atoms with Gasteiger partial charge in [-0.1, -0.05) is 132 Å². The molecule has 12 nitrogen and oxygen atoms in total. The second-order valence-corrected chi connectivity index (χ2v) is 19.0. The van der Waals surface area contributed by atoms with Gasteiger partial charge >= 0.3 is 0 Å². The fourth-order valence-electron chi connectivity index (χ4n) is 5.37. The van der Waals surface area contributed by atoms with Gasteiger partial charge in [-0.15, -0.1) is 9.66 Å². The first kappa shape index (κ1) is 40.0. The lowest BCUT2D eigenvalue weighted by Crippen LogP contribution is -2.55. The van der Waals surface area contributed by atoms with Crippen LogP contribution in [0.15, 0.2) is 88.7 Å². The molecule has 3 N–H and O–H groups in total. The first-order valence-corrected chi connectivity index (χ1v) is 22.6. The SMILES string of the molecule is CCCCCCCCCCCCC1(NS(=O)(=O)Cc2ccccc2)C=CC(S(=O)(=O)N(NS(C)(=O)=O)NS(=O)(=O)c2ccccc2)=CC1. The second-order valence-electron chi connectivity index (χ2n) is 12.1. The van der Waals surface area contributed by atoms with E-state index in [-0.39, 0.29) is 21.6 Å². The van der Waals surface area contributed by atoms with Crippen molar-refractivity contribution < 1.29 is 33.7 Å². The summed E-state index contributed by atoms with van der Waals surface area (Å²) < 4.78 is 107. The van der Waals surface area contributed by atoms with E-state index < -0.39 is 50.5 Å². The maximum Gasteiger partial charge on any atom is 0.270 e. The fraction of sp³-hybridized carbons (Fsp3) is 0.500. The van der Waals surface area contributed by atoms with Gasteiger partial charge in [-0.3, -0.25) is 0 Å². The monoisotopic (exact) mass is 744 g/mol. The summed E-state index contributed by atoms with van der Waals surface area (Å²) in [6.45, 7) is 2.19. The van der Waals surface area contributed by atoms with Gasteiger partial charge in [-0.05, 0) is 41.1 Å². The van der Waals surface area contributed by atoms with Crippen molar-refractivity contribution >= 4 is 40.1 Å². The molecule has 0 aliphatic heterocycles. The zero-order chi connectivity index (χ0) is 35.3. The molecule has 0 radical (unpaired) electrons. The molecular weight excluding hydrogens is 697 g/mol. The third-order valence-electron chi connectivity index (χ3n) is 7.81. The number of rotatable bonds is 22. The molecule has 1 aliphatic carbocycles. The fourth-order valence-corrected chi connectivity index (χ4v) is 10.5. The van der Waals surface area contributed by atoms with Crippen LogP contribution in [0.3, 0.4) is 0 Å². The van der Waals surface area contributed by atoms with Crippen molar-refractivity contribution in [3.05, 3.63) is 89.4 Å². The molecule has 268 valence electrons. The molecule has 0 aromatic heterocycles. The van der Waals surface area contributed by atoms with Crippen LogP contribution in [0.5, 0.6) is 0 Å². The molecule has 0 saturated carbocycles. The number of hydrazine groups is 2. The molecule has 0 bridgehead atoms. The van der Waals surface area contributed by atoms with Crippen LogP contribution < -0.4 is 14.4 Å². The highest BCUT2D eigenvalue weighted by molar-refractivity contribution is 7.96. The van der Waals surface area contributed by atoms with Gasteiger partial charge in [0.25, 0.3) is 20.0 Å². The second kappa shape index (κ2) is 18.0. The molecule has 0 saturated heterocycles. The zero-order valence-electron chi connectivity index (χ0n) is 27.5. The molecule has 1 unspecified atom stereocenters. The van der Waals surface area contributed by atoms with E-state index in [1.165, 1.54) is 74.6 Å². The molecule has 0 spiro atoms. The van der Waals surface area contributed by atoms with E-state index in [0.29, 0.717) is 24.7 Å². The minimum atomic E-state index is -4.84. The predicted octanol–water partition coefficient (Wildman–Crippen LogP) is 4.99. The van der Waals surface area contributed by atoms with Gasteiger partial charge in [-0.25, -0.2) is 38.4 Å². The van der Waals surface area contributed by atoms with Gasteiger partial charge in [0.2, 0.25) is 20.0 Å². The highest BCUT2D eigenvalue weighted by Crippen LogP contribution is 2.31. The Morgan fingerprint density at radius 2 is 1.25 bits per heavy atom. The van der Waals surface area contributed by atoms with Gasteiger partial charge in [0.15, 0.2) is 0 Å². The van der Waals surface area contributed by atoms with Crippen LogP contribution in [0.4, 0.5) is 0 Å². The number of hydrogen-bond donors (Lipinski definition) is 3. The van der Waals surface area contributed by atoms with E-state index in [4.69, 9.17) is 0 Å². The molecule has 0 amide bonds. The van der Waals surface area contributed by atoms with Crippen molar-refractivity contribution in [3.63, 3.8) is 0 Å². The number of nitrogens with one attached hydrogen (secondary N) is 3. The maximum atomic E-state index is 13.7. The molecule has 0 fully saturated rings. The van der Waals surface area contributed by atoms with Crippen LogP contribution in [0, 0.1) is 0 Å². The standard InChI is InChI=1S/C32H48N4O8S4/c1-3-4-5-6-7-8-9-10-11-18-25-32(33-46(39,40)28-29-19-14-12-15-20-29)26-23-31(24-27-32)48(43,44)36(34-45(2,37)38)35-47(41,42)30-21-16-13-17-22-30/h12-17,19-24,26,33-35H,3-11,18,25,27-28H2,1-2H3. The van der Waals surface area contributed by atoms with Gasteiger partial charge in [-0.2, -0.15) is 0 Å². The van der Waals surface area contributed by atoms with Crippen molar-refractivity contribution in [2.75, 3.05) is 6.26 Å². The molecule has 48 heavy (non-hydrogen) atoms.